The molecule has 2 aliphatic heterocycles. The average Bonchev–Trinajstić information content (AvgIpc) is 3.16. The Bertz CT molecular complexity index is 832. The molecule has 0 aromatic heterocycles. The van der Waals surface area contributed by atoms with Gasteiger partial charge in [-0.05, 0) is 42.9 Å². The van der Waals surface area contributed by atoms with Gasteiger partial charge in [-0.2, -0.15) is 0 Å². The molecular weight excluding hydrogens is 410 g/mol. The van der Waals surface area contributed by atoms with Gasteiger partial charge in [0, 0.05) is 25.3 Å². The van der Waals surface area contributed by atoms with Gasteiger partial charge < -0.3 is 10.1 Å². The van der Waals surface area contributed by atoms with Crippen molar-refractivity contribution in [3.8, 4) is 5.75 Å². The van der Waals surface area contributed by atoms with Crippen LogP contribution in [0.4, 0.5) is 0 Å². The monoisotopic (exact) mass is 439 g/mol. The summed E-state index contributed by atoms with van der Waals surface area (Å²) in [6.07, 6.45) is 2.49. The molecule has 1 N–H and O–H groups in total. The molecule has 7 nitrogen and oxygen atoms in total. The summed E-state index contributed by atoms with van der Waals surface area (Å²) in [6, 6.07) is 7.86. The smallest absolute Gasteiger partial charge is 0.226 e. The van der Waals surface area contributed by atoms with Gasteiger partial charge >= 0.3 is 0 Å². The fourth-order valence-electron chi connectivity index (χ4n) is 3.65. The van der Waals surface area contributed by atoms with Crippen molar-refractivity contribution >= 4 is 32.9 Å². The molecule has 1 atom stereocenters. The van der Waals surface area contributed by atoms with Crippen molar-refractivity contribution in [3.05, 3.63) is 29.8 Å². The number of amidine groups is 1. The lowest BCUT2D eigenvalue weighted by Crippen LogP contribution is -2.40. The number of thioether (sulfide) groups is 1. The Kier molecular flexibility index (Phi) is 7.59. The first kappa shape index (κ1) is 22.1. The third-order valence-corrected chi connectivity index (χ3v) is 8.34. The van der Waals surface area contributed by atoms with Gasteiger partial charge in [0.2, 0.25) is 15.9 Å². The van der Waals surface area contributed by atoms with Crippen LogP contribution in [0.1, 0.15) is 44.2 Å². The summed E-state index contributed by atoms with van der Waals surface area (Å²) in [5.41, 5.74) is 1.10. The van der Waals surface area contributed by atoms with Gasteiger partial charge in [0.15, 0.2) is 5.17 Å². The number of aliphatic imine (C=N–C) groups is 1. The highest BCUT2D eigenvalue weighted by molar-refractivity contribution is 8.14. The first-order valence-corrected chi connectivity index (χ1v) is 12.6. The maximum absolute atomic E-state index is 12.4. The van der Waals surface area contributed by atoms with Crippen LogP contribution >= 0.6 is 11.8 Å². The number of sulfonamides is 1. The van der Waals surface area contributed by atoms with Crippen molar-refractivity contribution in [2.24, 2.45) is 10.9 Å². The van der Waals surface area contributed by atoms with E-state index in [-0.39, 0.29) is 23.6 Å². The molecule has 2 heterocycles. The highest BCUT2D eigenvalue weighted by atomic mass is 32.2. The molecule has 1 aromatic rings. The SMILES string of the molecule is CCCS(=O)(=O)N1CCC(CC(=O)NC2=NC(c3ccc(OC)cc3)CS2)CC1. The van der Waals surface area contributed by atoms with E-state index < -0.39 is 10.0 Å². The molecule has 2 aliphatic rings. The lowest BCUT2D eigenvalue weighted by atomic mass is 9.94. The van der Waals surface area contributed by atoms with Crippen LogP contribution in [0, 0.1) is 5.92 Å². The predicted molar refractivity (Wildman–Crippen MR) is 117 cm³/mol. The minimum atomic E-state index is -3.14. The quantitative estimate of drug-likeness (QED) is 0.706. The summed E-state index contributed by atoms with van der Waals surface area (Å²) >= 11 is 1.55. The Hall–Kier alpha value is -1.58. The normalized spacial score (nSPS) is 21.0. The number of carbonyl (C=O) groups excluding carboxylic acids is 1. The zero-order chi connectivity index (χ0) is 20.9. The molecule has 0 radical (unpaired) electrons. The number of hydrogen-bond donors (Lipinski definition) is 1. The number of nitrogens with one attached hydrogen (secondary N) is 1. The number of carbonyl (C=O) groups is 1. The number of ether oxygens (including phenoxy) is 1. The Morgan fingerprint density at radius 3 is 2.59 bits per heavy atom. The third kappa shape index (κ3) is 5.96. The van der Waals surface area contributed by atoms with Crippen LogP contribution < -0.4 is 10.1 Å². The van der Waals surface area contributed by atoms with Gasteiger partial charge in [0.1, 0.15) is 5.75 Å². The Morgan fingerprint density at radius 1 is 1.28 bits per heavy atom. The Morgan fingerprint density at radius 2 is 1.97 bits per heavy atom. The van der Waals surface area contributed by atoms with E-state index in [1.54, 1.807) is 23.2 Å². The molecule has 9 heteroatoms. The van der Waals surface area contributed by atoms with Crippen LogP contribution in [0.3, 0.4) is 0 Å². The van der Waals surface area contributed by atoms with Crippen molar-refractivity contribution in [2.75, 3.05) is 31.7 Å². The van der Waals surface area contributed by atoms with E-state index in [0.717, 1.165) is 29.9 Å². The molecule has 29 heavy (non-hydrogen) atoms. The second-order valence-corrected chi connectivity index (χ2v) is 10.5. The van der Waals surface area contributed by atoms with Crippen molar-refractivity contribution in [2.45, 2.75) is 38.6 Å². The molecule has 0 spiro atoms. The molecule has 1 saturated heterocycles. The number of amides is 1. The summed E-state index contributed by atoms with van der Waals surface area (Å²) in [4.78, 5) is 17.1. The van der Waals surface area contributed by atoms with E-state index in [1.165, 1.54) is 0 Å². The van der Waals surface area contributed by atoms with E-state index in [4.69, 9.17) is 4.74 Å². The van der Waals surface area contributed by atoms with Gasteiger partial charge in [-0.1, -0.05) is 30.8 Å². The molecule has 0 saturated carbocycles. The lowest BCUT2D eigenvalue weighted by Gasteiger charge is -2.30. The molecule has 1 fully saturated rings. The number of benzene rings is 1. The molecule has 1 amide bonds. The maximum Gasteiger partial charge on any atom is 0.226 e. The minimum absolute atomic E-state index is 0.0354. The highest BCUT2D eigenvalue weighted by Crippen LogP contribution is 2.31. The topological polar surface area (TPSA) is 88.1 Å². The van der Waals surface area contributed by atoms with Crippen molar-refractivity contribution in [3.63, 3.8) is 0 Å². The molecule has 1 unspecified atom stereocenters. The number of hydrogen-bond acceptors (Lipinski definition) is 6. The Labute approximate surface area is 177 Å². The van der Waals surface area contributed by atoms with Gasteiger partial charge in [-0.3, -0.25) is 9.79 Å². The number of methoxy groups -OCH3 is 1. The van der Waals surface area contributed by atoms with Crippen molar-refractivity contribution < 1.29 is 17.9 Å². The Balaban J connectivity index is 1.46. The van der Waals surface area contributed by atoms with Crippen LogP contribution in [-0.4, -0.2) is 55.5 Å². The van der Waals surface area contributed by atoms with E-state index in [2.05, 4.69) is 10.3 Å². The number of rotatable bonds is 7. The van der Waals surface area contributed by atoms with Crippen LogP contribution in [0.15, 0.2) is 29.3 Å². The van der Waals surface area contributed by atoms with Crippen LogP contribution in [0.2, 0.25) is 0 Å². The van der Waals surface area contributed by atoms with Crippen molar-refractivity contribution in [1.82, 2.24) is 9.62 Å². The standard InChI is InChI=1S/C20H29N3O4S2/c1-3-12-29(25,26)23-10-8-15(9-11-23)13-19(24)22-20-21-18(14-28-20)16-4-6-17(27-2)7-5-16/h4-7,15,18H,3,8-14H2,1-2H3,(H,21,22,24). The van der Waals surface area contributed by atoms with Crippen LogP contribution in [-0.2, 0) is 14.8 Å². The zero-order valence-electron chi connectivity index (χ0n) is 17.0. The molecule has 0 aliphatic carbocycles. The molecule has 3 rings (SSSR count). The summed E-state index contributed by atoms with van der Waals surface area (Å²) in [7, 11) is -1.50. The summed E-state index contributed by atoms with van der Waals surface area (Å²) < 4.78 is 31.0. The first-order chi connectivity index (χ1) is 13.9. The largest absolute Gasteiger partial charge is 0.497 e. The van der Waals surface area contributed by atoms with Gasteiger partial charge in [-0.15, -0.1) is 0 Å². The summed E-state index contributed by atoms with van der Waals surface area (Å²) in [5, 5.41) is 3.59. The predicted octanol–water partition coefficient (Wildman–Crippen LogP) is 2.80. The maximum atomic E-state index is 12.4. The minimum Gasteiger partial charge on any atom is -0.497 e. The zero-order valence-corrected chi connectivity index (χ0v) is 18.6. The van der Waals surface area contributed by atoms with Crippen molar-refractivity contribution in [1.29, 1.82) is 0 Å². The van der Waals surface area contributed by atoms with Gasteiger partial charge in [0.05, 0.1) is 18.9 Å². The average molecular weight is 440 g/mol. The fraction of sp³-hybridized carbons (Fsp3) is 0.600. The molecule has 1 aromatic carbocycles. The fourth-order valence-corrected chi connectivity index (χ4v) is 6.16. The second-order valence-electron chi connectivity index (χ2n) is 7.44. The summed E-state index contributed by atoms with van der Waals surface area (Å²) in [5.74, 6) is 1.99. The molecule has 160 valence electrons. The third-order valence-electron chi connectivity index (χ3n) is 5.30. The van der Waals surface area contributed by atoms with E-state index in [0.29, 0.717) is 31.1 Å². The lowest BCUT2D eigenvalue weighted by molar-refractivity contribution is -0.120. The first-order valence-electron chi connectivity index (χ1n) is 10.0. The molecular formula is C20H29N3O4S2. The van der Waals surface area contributed by atoms with E-state index >= 15 is 0 Å². The molecule has 0 bridgehead atoms. The second kappa shape index (κ2) is 9.95. The summed E-state index contributed by atoms with van der Waals surface area (Å²) in [6.45, 7) is 2.89. The number of piperidine rings is 1. The highest BCUT2D eigenvalue weighted by Gasteiger charge is 2.29. The number of nitrogens with zero attached hydrogens (tertiary/aromatic N) is 2. The van der Waals surface area contributed by atoms with Crippen LogP contribution in [0.5, 0.6) is 5.75 Å². The van der Waals surface area contributed by atoms with Gasteiger partial charge in [0.25, 0.3) is 0 Å². The van der Waals surface area contributed by atoms with E-state index in [9.17, 15) is 13.2 Å². The van der Waals surface area contributed by atoms with Gasteiger partial charge in [-0.25, -0.2) is 12.7 Å². The van der Waals surface area contributed by atoms with Crippen LogP contribution in [0.25, 0.3) is 0 Å². The van der Waals surface area contributed by atoms with E-state index in [1.807, 2.05) is 31.2 Å².